The fourth-order valence-corrected chi connectivity index (χ4v) is 3.87. The first-order valence-corrected chi connectivity index (χ1v) is 7.53. The Morgan fingerprint density at radius 1 is 1.61 bits per heavy atom. The van der Waals surface area contributed by atoms with E-state index in [0.29, 0.717) is 6.04 Å². The molecule has 1 N–H and O–H groups in total. The number of nitrogens with one attached hydrogen (secondary N) is 1. The second-order valence-electron chi connectivity index (χ2n) is 4.60. The lowest BCUT2D eigenvalue weighted by Crippen LogP contribution is -2.15. The van der Waals surface area contributed by atoms with Gasteiger partial charge in [-0.05, 0) is 37.8 Å². The third-order valence-electron chi connectivity index (χ3n) is 3.38. The summed E-state index contributed by atoms with van der Waals surface area (Å²) >= 11 is 7.84. The molecule has 1 atom stereocenters. The predicted molar refractivity (Wildman–Crippen MR) is 76.5 cm³/mol. The van der Waals surface area contributed by atoms with Gasteiger partial charge in [-0.15, -0.1) is 11.3 Å². The number of aromatic nitrogens is 2. The van der Waals surface area contributed by atoms with Crippen LogP contribution in [-0.4, -0.2) is 9.78 Å². The maximum Gasteiger partial charge on any atom is 0.0934 e. The van der Waals surface area contributed by atoms with Crippen LogP contribution < -0.4 is 5.32 Å². The molecule has 1 unspecified atom stereocenters. The van der Waals surface area contributed by atoms with Crippen LogP contribution in [0, 0.1) is 0 Å². The molecule has 3 rings (SSSR count). The molecule has 5 heteroatoms. The number of rotatable bonds is 3. The number of halogens is 1. The molecule has 0 aliphatic heterocycles. The van der Waals surface area contributed by atoms with Crippen molar-refractivity contribution in [3.63, 3.8) is 0 Å². The van der Waals surface area contributed by atoms with Gasteiger partial charge in [-0.1, -0.05) is 11.6 Å². The van der Waals surface area contributed by atoms with E-state index < -0.39 is 0 Å². The average molecular weight is 282 g/mol. The summed E-state index contributed by atoms with van der Waals surface area (Å²) < 4.78 is 2.84. The van der Waals surface area contributed by atoms with E-state index in [4.69, 9.17) is 11.6 Å². The molecule has 2 aromatic heterocycles. The van der Waals surface area contributed by atoms with Gasteiger partial charge in [0, 0.05) is 17.6 Å². The van der Waals surface area contributed by atoms with Gasteiger partial charge in [0.1, 0.15) is 0 Å². The van der Waals surface area contributed by atoms with Crippen LogP contribution in [0.15, 0.2) is 18.5 Å². The number of anilines is 1. The van der Waals surface area contributed by atoms with Crippen LogP contribution in [0.3, 0.4) is 0 Å². The Balaban J connectivity index is 1.81. The summed E-state index contributed by atoms with van der Waals surface area (Å²) in [4.78, 5) is 1.44. The SMILES string of the molecule is CCn1cc(NC2CCCc3sc(Cl)cc32)cn1. The van der Waals surface area contributed by atoms with E-state index in [2.05, 4.69) is 29.6 Å². The molecular formula is C13H16ClN3S. The van der Waals surface area contributed by atoms with Gasteiger partial charge in [0.2, 0.25) is 0 Å². The molecule has 1 aliphatic rings. The lowest BCUT2D eigenvalue weighted by atomic mass is 9.94. The first-order chi connectivity index (χ1) is 8.76. The van der Waals surface area contributed by atoms with E-state index in [1.807, 2.05) is 10.9 Å². The van der Waals surface area contributed by atoms with E-state index >= 15 is 0 Å². The van der Waals surface area contributed by atoms with Crippen molar-refractivity contribution < 1.29 is 0 Å². The van der Waals surface area contributed by atoms with Gasteiger partial charge in [-0.2, -0.15) is 5.10 Å². The zero-order valence-electron chi connectivity index (χ0n) is 10.3. The number of nitrogens with zero attached hydrogens (tertiary/aromatic N) is 2. The maximum absolute atomic E-state index is 6.12. The standard InChI is InChI=1S/C13H16ClN3S/c1-2-17-8-9(7-15-17)16-11-4-3-5-12-10(11)6-13(14)18-12/h6-8,11,16H,2-5H2,1H3. The zero-order valence-corrected chi connectivity index (χ0v) is 11.9. The van der Waals surface area contributed by atoms with Crippen molar-refractivity contribution >= 4 is 28.6 Å². The second-order valence-corrected chi connectivity index (χ2v) is 6.37. The summed E-state index contributed by atoms with van der Waals surface area (Å²) in [7, 11) is 0. The molecule has 0 bridgehead atoms. The van der Waals surface area contributed by atoms with Crippen LogP contribution in [0.4, 0.5) is 5.69 Å². The van der Waals surface area contributed by atoms with Crippen molar-refractivity contribution in [2.75, 3.05) is 5.32 Å². The fourth-order valence-electron chi connectivity index (χ4n) is 2.48. The second kappa shape index (κ2) is 4.94. The van der Waals surface area contributed by atoms with Crippen LogP contribution in [0.2, 0.25) is 4.34 Å². The third kappa shape index (κ3) is 2.27. The van der Waals surface area contributed by atoms with Gasteiger partial charge >= 0.3 is 0 Å². The van der Waals surface area contributed by atoms with Crippen molar-refractivity contribution in [3.8, 4) is 0 Å². The van der Waals surface area contributed by atoms with Crippen molar-refractivity contribution in [2.24, 2.45) is 0 Å². The van der Waals surface area contributed by atoms with Crippen molar-refractivity contribution in [3.05, 3.63) is 33.2 Å². The summed E-state index contributed by atoms with van der Waals surface area (Å²) in [6.07, 6.45) is 7.51. The first kappa shape index (κ1) is 12.1. The normalized spacial score (nSPS) is 18.7. The molecule has 0 spiro atoms. The minimum atomic E-state index is 0.381. The monoisotopic (exact) mass is 281 g/mol. The first-order valence-electron chi connectivity index (χ1n) is 6.33. The molecule has 1 aliphatic carbocycles. The number of hydrogen-bond donors (Lipinski definition) is 1. The highest BCUT2D eigenvalue weighted by atomic mass is 35.5. The van der Waals surface area contributed by atoms with Crippen LogP contribution in [0.25, 0.3) is 0 Å². The van der Waals surface area contributed by atoms with E-state index in [1.54, 1.807) is 11.3 Å². The zero-order chi connectivity index (χ0) is 12.5. The molecule has 18 heavy (non-hydrogen) atoms. The Morgan fingerprint density at radius 2 is 2.50 bits per heavy atom. The smallest absolute Gasteiger partial charge is 0.0934 e. The molecule has 2 aromatic rings. The Bertz CT molecular complexity index is 546. The quantitative estimate of drug-likeness (QED) is 0.918. The Morgan fingerprint density at radius 3 is 3.28 bits per heavy atom. The molecular weight excluding hydrogens is 266 g/mol. The van der Waals surface area contributed by atoms with Gasteiger partial charge in [0.15, 0.2) is 0 Å². The molecule has 96 valence electrons. The summed E-state index contributed by atoms with van der Waals surface area (Å²) in [5.41, 5.74) is 2.47. The largest absolute Gasteiger partial charge is 0.376 e. The number of hydrogen-bond acceptors (Lipinski definition) is 3. The Hall–Kier alpha value is -1.00. The number of aryl methyl sites for hydroxylation is 2. The van der Waals surface area contributed by atoms with E-state index in [9.17, 15) is 0 Å². The Kier molecular flexibility index (Phi) is 3.31. The molecule has 0 radical (unpaired) electrons. The summed E-state index contributed by atoms with van der Waals surface area (Å²) in [5.74, 6) is 0. The highest BCUT2D eigenvalue weighted by Gasteiger charge is 2.22. The van der Waals surface area contributed by atoms with Gasteiger partial charge < -0.3 is 5.32 Å². The number of thiophene rings is 1. The molecule has 2 heterocycles. The van der Waals surface area contributed by atoms with Crippen molar-refractivity contribution in [2.45, 2.75) is 38.8 Å². The van der Waals surface area contributed by atoms with E-state index in [0.717, 1.165) is 23.0 Å². The number of fused-ring (bicyclic) bond motifs is 1. The van der Waals surface area contributed by atoms with Gasteiger partial charge in [-0.25, -0.2) is 0 Å². The molecule has 3 nitrogen and oxygen atoms in total. The van der Waals surface area contributed by atoms with Crippen molar-refractivity contribution in [1.82, 2.24) is 9.78 Å². The fraction of sp³-hybridized carbons (Fsp3) is 0.462. The lowest BCUT2D eigenvalue weighted by Gasteiger charge is -2.23. The maximum atomic E-state index is 6.12. The highest BCUT2D eigenvalue weighted by molar-refractivity contribution is 7.16. The lowest BCUT2D eigenvalue weighted by molar-refractivity contribution is 0.608. The summed E-state index contributed by atoms with van der Waals surface area (Å²) in [5, 5.41) is 7.86. The third-order valence-corrected chi connectivity index (χ3v) is 4.72. The summed E-state index contributed by atoms with van der Waals surface area (Å²) in [6, 6.07) is 2.50. The molecule has 0 amide bonds. The van der Waals surface area contributed by atoms with Gasteiger partial charge in [0.05, 0.1) is 22.3 Å². The minimum Gasteiger partial charge on any atom is -0.376 e. The predicted octanol–water partition coefficient (Wildman–Crippen LogP) is 4.11. The molecule has 0 fully saturated rings. The summed E-state index contributed by atoms with van der Waals surface area (Å²) in [6.45, 7) is 3.00. The van der Waals surface area contributed by atoms with Crippen LogP contribution in [0.1, 0.15) is 36.2 Å². The van der Waals surface area contributed by atoms with Crippen LogP contribution >= 0.6 is 22.9 Å². The highest BCUT2D eigenvalue weighted by Crippen LogP contribution is 2.39. The average Bonchev–Trinajstić information content (AvgIpc) is 2.95. The molecule has 0 saturated heterocycles. The van der Waals surface area contributed by atoms with E-state index in [-0.39, 0.29) is 0 Å². The topological polar surface area (TPSA) is 29.9 Å². The van der Waals surface area contributed by atoms with E-state index in [1.165, 1.54) is 23.3 Å². The molecule has 0 saturated carbocycles. The van der Waals surface area contributed by atoms with Crippen LogP contribution in [-0.2, 0) is 13.0 Å². The van der Waals surface area contributed by atoms with Gasteiger partial charge in [-0.3, -0.25) is 4.68 Å². The van der Waals surface area contributed by atoms with Crippen molar-refractivity contribution in [1.29, 1.82) is 0 Å². The minimum absolute atomic E-state index is 0.381. The van der Waals surface area contributed by atoms with Gasteiger partial charge in [0.25, 0.3) is 0 Å². The Labute approximate surface area is 116 Å². The van der Waals surface area contributed by atoms with Crippen LogP contribution in [0.5, 0.6) is 0 Å². The molecule has 0 aromatic carbocycles.